The Bertz CT molecular complexity index is 325. The van der Waals surface area contributed by atoms with Crippen LogP contribution in [0.4, 0.5) is 4.79 Å². The Hall–Kier alpha value is -1.79. The molecule has 1 aliphatic carbocycles. The fourth-order valence-electron chi connectivity index (χ4n) is 2.01. The summed E-state index contributed by atoms with van der Waals surface area (Å²) in [7, 11) is 0. The predicted octanol–water partition coefficient (Wildman–Crippen LogP) is 0.546. The van der Waals surface area contributed by atoms with Gasteiger partial charge in [-0.05, 0) is 12.8 Å². The third-order valence-corrected chi connectivity index (χ3v) is 2.92. The van der Waals surface area contributed by atoms with E-state index in [0.29, 0.717) is 0 Å². The molecule has 0 saturated heterocycles. The molecule has 4 N–H and O–H groups in total. The highest BCUT2D eigenvalue weighted by atomic mass is 16.4. The Morgan fingerprint density at radius 2 is 1.72 bits per heavy atom. The fraction of sp³-hybridized carbons (Fsp3) is 0.727. The summed E-state index contributed by atoms with van der Waals surface area (Å²) in [6.45, 7) is 0. The molecule has 0 unspecified atom stereocenters. The number of carbonyl (C=O) groups excluding carboxylic acids is 1. The lowest BCUT2D eigenvalue weighted by Gasteiger charge is -2.23. The minimum absolute atomic E-state index is 0.0537. The average Bonchev–Trinajstić information content (AvgIpc) is 2.28. The summed E-state index contributed by atoms with van der Waals surface area (Å²) >= 11 is 0. The third kappa shape index (κ3) is 5.03. The summed E-state index contributed by atoms with van der Waals surface area (Å²) in [6.07, 6.45) is 4.36. The highest BCUT2D eigenvalue weighted by Gasteiger charge is 2.24. The molecule has 1 atom stereocenters. The molecule has 18 heavy (non-hydrogen) atoms. The zero-order valence-corrected chi connectivity index (χ0v) is 10.0. The van der Waals surface area contributed by atoms with Crippen LogP contribution in [0.5, 0.6) is 0 Å². The highest BCUT2D eigenvalue weighted by molar-refractivity contribution is 5.86. The molecule has 0 aromatic rings. The van der Waals surface area contributed by atoms with Gasteiger partial charge in [0.15, 0.2) is 0 Å². The second kappa shape index (κ2) is 6.83. The van der Waals surface area contributed by atoms with E-state index in [9.17, 15) is 14.4 Å². The number of aliphatic carboxylic acids is 2. The molecule has 1 fully saturated rings. The highest BCUT2D eigenvalue weighted by Crippen LogP contribution is 2.17. The molecule has 0 aliphatic heterocycles. The van der Waals surface area contributed by atoms with Gasteiger partial charge in [-0.1, -0.05) is 19.3 Å². The van der Waals surface area contributed by atoms with Gasteiger partial charge in [0.25, 0.3) is 0 Å². The van der Waals surface area contributed by atoms with E-state index in [2.05, 4.69) is 10.6 Å². The summed E-state index contributed by atoms with van der Waals surface area (Å²) in [5.41, 5.74) is 0. The third-order valence-electron chi connectivity index (χ3n) is 2.92. The predicted molar refractivity (Wildman–Crippen MR) is 62.2 cm³/mol. The molecule has 102 valence electrons. The van der Waals surface area contributed by atoms with Crippen molar-refractivity contribution in [3.05, 3.63) is 0 Å². The van der Waals surface area contributed by atoms with Crippen LogP contribution in [0.3, 0.4) is 0 Å². The molecule has 1 rings (SSSR count). The van der Waals surface area contributed by atoms with E-state index in [-0.39, 0.29) is 6.04 Å². The van der Waals surface area contributed by atoms with E-state index >= 15 is 0 Å². The van der Waals surface area contributed by atoms with E-state index in [1.165, 1.54) is 0 Å². The molecule has 0 aromatic carbocycles. The van der Waals surface area contributed by atoms with Crippen molar-refractivity contribution in [2.75, 3.05) is 0 Å². The first-order chi connectivity index (χ1) is 8.49. The number of rotatable bonds is 5. The lowest BCUT2D eigenvalue weighted by atomic mass is 9.96. The van der Waals surface area contributed by atoms with Gasteiger partial charge in [-0.15, -0.1) is 0 Å². The summed E-state index contributed by atoms with van der Waals surface area (Å²) in [5, 5.41) is 22.1. The van der Waals surface area contributed by atoms with Crippen LogP contribution in [0.1, 0.15) is 38.5 Å². The first kappa shape index (κ1) is 14.3. The Morgan fingerprint density at radius 3 is 2.22 bits per heavy atom. The summed E-state index contributed by atoms with van der Waals surface area (Å²) in [4.78, 5) is 32.7. The molecule has 1 saturated carbocycles. The molecule has 0 spiro atoms. The topological polar surface area (TPSA) is 116 Å². The molecule has 1 aliphatic rings. The van der Waals surface area contributed by atoms with Gasteiger partial charge in [0.1, 0.15) is 6.04 Å². The lowest BCUT2D eigenvalue weighted by molar-refractivity contribution is -0.145. The zero-order valence-electron chi connectivity index (χ0n) is 10.0. The van der Waals surface area contributed by atoms with Crippen LogP contribution in [-0.2, 0) is 9.59 Å². The Kier molecular flexibility index (Phi) is 5.41. The van der Waals surface area contributed by atoms with Crippen LogP contribution in [0, 0.1) is 0 Å². The molecular weight excluding hydrogens is 240 g/mol. The number of urea groups is 1. The SMILES string of the molecule is O=C(O)C[C@@H](NC(=O)NC1CCCCC1)C(=O)O. The molecule has 0 heterocycles. The molecule has 0 aromatic heterocycles. The normalized spacial score (nSPS) is 17.8. The fourth-order valence-corrected chi connectivity index (χ4v) is 2.01. The van der Waals surface area contributed by atoms with Gasteiger partial charge >= 0.3 is 18.0 Å². The second-order valence-corrected chi connectivity index (χ2v) is 4.44. The zero-order chi connectivity index (χ0) is 13.5. The van der Waals surface area contributed by atoms with Crippen molar-refractivity contribution in [1.82, 2.24) is 10.6 Å². The maximum atomic E-state index is 11.5. The Balaban J connectivity index is 2.40. The van der Waals surface area contributed by atoms with Gasteiger partial charge < -0.3 is 20.8 Å². The largest absolute Gasteiger partial charge is 0.481 e. The average molecular weight is 258 g/mol. The van der Waals surface area contributed by atoms with Crippen molar-refractivity contribution in [3.63, 3.8) is 0 Å². The van der Waals surface area contributed by atoms with E-state index in [0.717, 1.165) is 32.1 Å². The maximum absolute atomic E-state index is 11.5. The van der Waals surface area contributed by atoms with Crippen molar-refractivity contribution < 1.29 is 24.6 Å². The minimum atomic E-state index is -1.40. The summed E-state index contributed by atoms with van der Waals surface area (Å²) < 4.78 is 0. The van der Waals surface area contributed by atoms with E-state index in [1.54, 1.807) is 0 Å². The quantitative estimate of drug-likeness (QED) is 0.574. The van der Waals surface area contributed by atoms with Gasteiger partial charge in [-0.2, -0.15) is 0 Å². The Labute approximate surface area is 105 Å². The van der Waals surface area contributed by atoms with Crippen LogP contribution >= 0.6 is 0 Å². The number of carboxylic acids is 2. The summed E-state index contributed by atoms with van der Waals surface area (Å²) in [6, 6.07) is -1.96. The maximum Gasteiger partial charge on any atom is 0.326 e. The van der Waals surface area contributed by atoms with Gasteiger partial charge in [0.05, 0.1) is 6.42 Å². The number of amides is 2. The second-order valence-electron chi connectivity index (χ2n) is 4.44. The molecule has 0 radical (unpaired) electrons. The van der Waals surface area contributed by atoms with Crippen LogP contribution in [0.15, 0.2) is 0 Å². The van der Waals surface area contributed by atoms with Crippen LogP contribution < -0.4 is 10.6 Å². The number of hydrogen-bond acceptors (Lipinski definition) is 3. The minimum Gasteiger partial charge on any atom is -0.481 e. The number of nitrogens with one attached hydrogen (secondary N) is 2. The molecule has 7 nitrogen and oxygen atoms in total. The molecule has 2 amide bonds. The summed E-state index contributed by atoms with van der Waals surface area (Å²) in [5.74, 6) is -2.61. The van der Waals surface area contributed by atoms with E-state index in [1.807, 2.05) is 0 Å². The molecular formula is C11H18N2O5. The van der Waals surface area contributed by atoms with E-state index in [4.69, 9.17) is 10.2 Å². The number of hydrogen-bond donors (Lipinski definition) is 4. The Morgan fingerprint density at radius 1 is 1.11 bits per heavy atom. The molecule has 0 bridgehead atoms. The van der Waals surface area contributed by atoms with Crippen molar-refractivity contribution in [2.45, 2.75) is 50.6 Å². The van der Waals surface area contributed by atoms with Gasteiger partial charge in [-0.25, -0.2) is 9.59 Å². The van der Waals surface area contributed by atoms with Crippen LogP contribution in [0.25, 0.3) is 0 Å². The van der Waals surface area contributed by atoms with Crippen LogP contribution in [0.2, 0.25) is 0 Å². The van der Waals surface area contributed by atoms with E-state index < -0.39 is 30.4 Å². The smallest absolute Gasteiger partial charge is 0.326 e. The van der Waals surface area contributed by atoms with Crippen LogP contribution in [-0.4, -0.2) is 40.3 Å². The lowest BCUT2D eigenvalue weighted by Crippen LogP contribution is -2.50. The monoisotopic (exact) mass is 258 g/mol. The number of carboxylic acid groups (broad SMARTS) is 2. The number of carbonyl (C=O) groups is 3. The van der Waals surface area contributed by atoms with Crippen molar-refractivity contribution >= 4 is 18.0 Å². The van der Waals surface area contributed by atoms with Crippen molar-refractivity contribution in [3.8, 4) is 0 Å². The van der Waals surface area contributed by atoms with Gasteiger partial charge in [0.2, 0.25) is 0 Å². The first-order valence-electron chi connectivity index (χ1n) is 6.00. The van der Waals surface area contributed by atoms with Gasteiger partial charge in [-0.3, -0.25) is 4.79 Å². The first-order valence-corrected chi connectivity index (χ1v) is 6.00. The van der Waals surface area contributed by atoms with Gasteiger partial charge in [0, 0.05) is 6.04 Å². The molecule has 7 heteroatoms. The van der Waals surface area contributed by atoms with Crippen molar-refractivity contribution in [1.29, 1.82) is 0 Å². The standard InChI is InChI=1S/C11H18N2O5/c14-9(15)6-8(10(16)17)13-11(18)12-7-4-2-1-3-5-7/h7-8H,1-6H2,(H,14,15)(H,16,17)(H2,12,13,18)/t8-/m1/s1. The van der Waals surface area contributed by atoms with Crippen molar-refractivity contribution in [2.24, 2.45) is 0 Å².